The van der Waals surface area contributed by atoms with Gasteiger partial charge >= 0.3 is 0 Å². The molecule has 3 aromatic rings. The lowest BCUT2D eigenvalue weighted by atomic mass is 10.1. The number of rotatable bonds is 11. The molecule has 0 spiro atoms. The molecular formula is C28H30N2O5. The van der Waals surface area contributed by atoms with Gasteiger partial charge in [0.05, 0.1) is 20.8 Å². The maximum Gasteiger partial charge on any atom is 0.272 e. The van der Waals surface area contributed by atoms with E-state index in [1.54, 1.807) is 93.1 Å². The number of benzene rings is 3. The summed E-state index contributed by atoms with van der Waals surface area (Å²) in [7, 11) is 3.15. The molecule has 0 saturated carbocycles. The Labute approximate surface area is 205 Å². The number of hydrogen-bond acceptors (Lipinski definition) is 5. The molecule has 0 aliphatic rings. The predicted octanol–water partition coefficient (Wildman–Crippen LogP) is 5.29. The molecule has 0 saturated heterocycles. The Morgan fingerprint density at radius 1 is 0.800 bits per heavy atom. The number of nitrogens with one attached hydrogen (secondary N) is 2. The second kappa shape index (κ2) is 12.8. The highest BCUT2D eigenvalue weighted by atomic mass is 16.5. The molecule has 3 rings (SSSR count). The number of unbranched alkanes of at least 4 members (excludes halogenated alkanes) is 1. The van der Waals surface area contributed by atoms with E-state index in [1.165, 1.54) is 0 Å². The number of anilines is 1. The molecule has 35 heavy (non-hydrogen) atoms. The summed E-state index contributed by atoms with van der Waals surface area (Å²) in [6, 6.07) is 20.9. The molecule has 2 amide bonds. The Morgan fingerprint density at radius 2 is 1.37 bits per heavy atom. The monoisotopic (exact) mass is 474 g/mol. The smallest absolute Gasteiger partial charge is 0.272 e. The van der Waals surface area contributed by atoms with E-state index in [1.807, 2.05) is 0 Å². The van der Waals surface area contributed by atoms with Crippen LogP contribution in [0.2, 0.25) is 0 Å². The van der Waals surface area contributed by atoms with Crippen LogP contribution in [0.5, 0.6) is 17.2 Å². The SMILES string of the molecule is CCCCOc1ccc(C(=O)N/C(=C/c2ccc(OC)cc2)C(=O)Nc2ccc(OC)cc2)cc1. The number of hydrogen-bond donors (Lipinski definition) is 2. The fourth-order valence-electron chi connectivity index (χ4n) is 3.13. The van der Waals surface area contributed by atoms with E-state index < -0.39 is 11.8 Å². The highest BCUT2D eigenvalue weighted by Gasteiger charge is 2.15. The van der Waals surface area contributed by atoms with Gasteiger partial charge in [-0.2, -0.15) is 0 Å². The summed E-state index contributed by atoms with van der Waals surface area (Å²) in [6.07, 6.45) is 3.62. The van der Waals surface area contributed by atoms with Crippen molar-refractivity contribution in [1.82, 2.24) is 5.32 Å². The molecule has 0 heterocycles. The van der Waals surface area contributed by atoms with Crippen LogP contribution in [0.15, 0.2) is 78.5 Å². The van der Waals surface area contributed by atoms with Gasteiger partial charge in [0.2, 0.25) is 0 Å². The summed E-state index contributed by atoms with van der Waals surface area (Å²) < 4.78 is 16.0. The first-order chi connectivity index (χ1) is 17.0. The zero-order valence-electron chi connectivity index (χ0n) is 20.2. The lowest BCUT2D eigenvalue weighted by Gasteiger charge is -2.12. The van der Waals surface area contributed by atoms with Gasteiger partial charge in [0, 0.05) is 11.3 Å². The van der Waals surface area contributed by atoms with Crippen LogP contribution >= 0.6 is 0 Å². The Morgan fingerprint density at radius 3 is 1.94 bits per heavy atom. The molecular weight excluding hydrogens is 444 g/mol. The minimum absolute atomic E-state index is 0.0965. The van der Waals surface area contributed by atoms with Crippen LogP contribution < -0.4 is 24.8 Å². The molecule has 0 fully saturated rings. The van der Waals surface area contributed by atoms with Gasteiger partial charge in [-0.1, -0.05) is 25.5 Å². The van der Waals surface area contributed by atoms with Crippen molar-refractivity contribution >= 4 is 23.6 Å². The third kappa shape index (κ3) is 7.64. The number of ether oxygens (including phenoxy) is 3. The normalized spacial score (nSPS) is 10.9. The summed E-state index contributed by atoms with van der Waals surface area (Å²) in [4.78, 5) is 26.0. The Kier molecular flexibility index (Phi) is 9.31. The molecule has 7 heteroatoms. The molecule has 2 N–H and O–H groups in total. The quantitative estimate of drug-likeness (QED) is 0.291. The van der Waals surface area contributed by atoms with Crippen molar-refractivity contribution in [2.75, 3.05) is 26.1 Å². The number of carbonyl (C=O) groups excluding carboxylic acids is 2. The summed E-state index contributed by atoms with van der Waals surface area (Å²) in [5, 5.41) is 5.55. The van der Waals surface area contributed by atoms with Gasteiger partial charge < -0.3 is 24.8 Å². The third-order valence-corrected chi connectivity index (χ3v) is 5.15. The minimum Gasteiger partial charge on any atom is -0.497 e. The maximum atomic E-state index is 13.1. The predicted molar refractivity (Wildman–Crippen MR) is 137 cm³/mol. The lowest BCUT2D eigenvalue weighted by Crippen LogP contribution is -2.30. The number of carbonyl (C=O) groups is 2. The van der Waals surface area contributed by atoms with Crippen LogP contribution in [-0.4, -0.2) is 32.6 Å². The topological polar surface area (TPSA) is 85.9 Å². The summed E-state index contributed by atoms with van der Waals surface area (Å²) >= 11 is 0. The molecule has 0 radical (unpaired) electrons. The van der Waals surface area contributed by atoms with Crippen molar-refractivity contribution in [2.45, 2.75) is 19.8 Å². The summed E-state index contributed by atoms with van der Waals surface area (Å²) in [5.74, 6) is 1.19. The van der Waals surface area contributed by atoms with Crippen LogP contribution in [0.3, 0.4) is 0 Å². The molecule has 3 aromatic carbocycles. The second-order valence-electron chi connectivity index (χ2n) is 7.69. The molecule has 7 nitrogen and oxygen atoms in total. The van der Waals surface area contributed by atoms with Crippen molar-refractivity contribution in [3.05, 3.63) is 89.6 Å². The molecule has 0 unspecified atom stereocenters. The van der Waals surface area contributed by atoms with Crippen LogP contribution in [0, 0.1) is 0 Å². The fraction of sp³-hybridized carbons (Fsp3) is 0.214. The van der Waals surface area contributed by atoms with Crippen LogP contribution in [0.4, 0.5) is 5.69 Å². The Hall–Kier alpha value is -4.26. The van der Waals surface area contributed by atoms with Crippen LogP contribution in [0.25, 0.3) is 6.08 Å². The van der Waals surface area contributed by atoms with E-state index in [-0.39, 0.29) is 5.70 Å². The van der Waals surface area contributed by atoms with E-state index in [0.29, 0.717) is 35.1 Å². The average Bonchev–Trinajstić information content (AvgIpc) is 2.89. The van der Waals surface area contributed by atoms with E-state index in [0.717, 1.165) is 18.4 Å². The standard InChI is InChI=1S/C28H30N2O5/c1-4-5-18-35-25-14-8-21(9-15-25)27(31)30-26(19-20-6-12-23(33-2)13-7-20)28(32)29-22-10-16-24(34-3)17-11-22/h6-17,19H,4-5,18H2,1-3H3,(H,29,32)(H,30,31)/b26-19+. The van der Waals surface area contributed by atoms with E-state index in [4.69, 9.17) is 14.2 Å². The van der Waals surface area contributed by atoms with Gasteiger partial charge in [-0.3, -0.25) is 9.59 Å². The molecule has 0 aromatic heterocycles. The van der Waals surface area contributed by atoms with Crippen molar-refractivity contribution in [1.29, 1.82) is 0 Å². The van der Waals surface area contributed by atoms with Gasteiger partial charge in [-0.05, 0) is 78.7 Å². The first-order valence-corrected chi connectivity index (χ1v) is 11.4. The Bertz CT molecular complexity index is 1140. The fourth-order valence-corrected chi connectivity index (χ4v) is 3.13. The third-order valence-electron chi connectivity index (χ3n) is 5.15. The first-order valence-electron chi connectivity index (χ1n) is 11.4. The summed E-state index contributed by atoms with van der Waals surface area (Å²) in [6.45, 7) is 2.72. The van der Waals surface area contributed by atoms with Crippen molar-refractivity contribution < 1.29 is 23.8 Å². The number of methoxy groups -OCH3 is 2. The largest absolute Gasteiger partial charge is 0.497 e. The molecule has 0 aliphatic heterocycles. The molecule has 182 valence electrons. The molecule has 0 bridgehead atoms. The van der Waals surface area contributed by atoms with Crippen LogP contribution in [0.1, 0.15) is 35.7 Å². The second-order valence-corrected chi connectivity index (χ2v) is 7.69. The maximum absolute atomic E-state index is 13.1. The highest BCUT2D eigenvalue weighted by Crippen LogP contribution is 2.18. The number of amides is 2. The van der Waals surface area contributed by atoms with E-state index in [9.17, 15) is 9.59 Å². The zero-order valence-corrected chi connectivity index (χ0v) is 20.2. The van der Waals surface area contributed by atoms with Crippen molar-refractivity contribution in [3.63, 3.8) is 0 Å². The zero-order chi connectivity index (χ0) is 25.0. The average molecular weight is 475 g/mol. The Balaban J connectivity index is 1.79. The highest BCUT2D eigenvalue weighted by molar-refractivity contribution is 6.10. The van der Waals surface area contributed by atoms with Gasteiger partial charge in [0.15, 0.2) is 0 Å². The van der Waals surface area contributed by atoms with Gasteiger partial charge in [0.25, 0.3) is 11.8 Å². The van der Waals surface area contributed by atoms with Gasteiger partial charge in [-0.15, -0.1) is 0 Å². The van der Waals surface area contributed by atoms with Crippen molar-refractivity contribution in [2.24, 2.45) is 0 Å². The van der Waals surface area contributed by atoms with E-state index in [2.05, 4.69) is 17.6 Å². The van der Waals surface area contributed by atoms with Crippen molar-refractivity contribution in [3.8, 4) is 17.2 Å². The minimum atomic E-state index is -0.459. The molecule has 0 aliphatic carbocycles. The van der Waals surface area contributed by atoms with Gasteiger partial charge in [0.1, 0.15) is 22.9 Å². The molecule has 0 atom stereocenters. The van der Waals surface area contributed by atoms with E-state index >= 15 is 0 Å². The summed E-state index contributed by atoms with van der Waals surface area (Å²) in [5.41, 5.74) is 1.80. The lowest BCUT2D eigenvalue weighted by molar-refractivity contribution is -0.113. The van der Waals surface area contributed by atoms with Gasteiger partial charge in [-0.25, -0.2) is 0 Å². The first kappa shape index (κ1) is 25.4. The van der Waals surface area contributed by atoms with Crippen LogP contribution in [-0.2, 0) is 4.79 Å².